The van der Waals surface area contributed by atoms with Crippen molar-refractivity contribution >= 4 is 29.0 Å². The van der Waals surface area contributed by atoms with Crippen molar-refractivity contribution in [3.05, 3.63) is 41.5 Å². The third-order valence-electron chi connectivity index (χ3n) is 1.84. The quantitative estimate of drug-likeness (QED) is 0.533. The van der Waals surface area contributed by atoms with E-state index in [0.29, 0.717) is 5.56 Å². The van der Waals surface area contributed by atoms with Crippen LogP contribution in [-0.2, 0) is 16.2 Å². The maximum atomic E-state index is 11.2. The van der Waals surface area contributed by atoms with Crippen LogP contribution < -0.4 is 0 Å². The second-order valence-electron chi connectivity index (χ2n) is 2.83. The van der Waals surface area contributed by atoms with Crippen molar-refractivity contribution < 1.29 is 22.9 Å². The van der Waals surface area contributed by atoms with Crippen LogP contribution in [0.5, 0.6) is 0 Å². The summed E-state index contributed by atoms with van der Waals surface area (Å²) in [6.07, 6.45) is 2.98. The zero-order valence-electron chi connectivity index (χ0n) is 7.95. The Morgan fingerprint density at radius 3 is 2.31 bits per heavy atom. The number of ketones is 2. The maximum absolute atomic E-state index is 11.2. The van der Waals surface area contributed by atoms with Crippen molar-refractivity contribution in [2.45, 2.75) is 0 Å². The molecule has 1 aliphatic carbocycles. The first-order valence-corrected chi connectivity index (χ1v) is 5.19. The van der Waals surface area contributed by atoms with E-state index < -0.39 is 22.9 Å². The SMILES string of the molecule is O=C1C=Cc2ccccc2C1=O.O=S([O-])O. The lowest BCUT2D eigenvalue weighted by atomic mass is 9.96. The van der Waals surface area contributed by atoms with E-state index in [0.717, 1.165) is 5.56 Å². The fraction of sp³-hybridized carbons (Fsp3) is 0. The first-order chi connectivity index (χ1) is 7.52. The monoisotopic (exact) mass is 239 g/mol. The highest BCUT2D eigenvalue weighted by Gasteiger charge is 2.19. The van der Waals surface area contributed by atoms with Crippen LogP contribution in [0.2, 0.25) is 0 Å². The van der Waals surface area contributed by atoms with Gasteiger partial charge < -0.3 is 9.11 Å². The molecule has 0 saturated heterocycles. The number of rotatable bonds is 0. The van der Waals surface area contributed by atoms with Crippen molar-refractivity contribution in [3.63, 3.8) is 0 Å². The highest BCUT2D eigenvalue weighted by molar-refractivity contribution is 7.73. The molecule has 1 aromatic rings. The van der Waals surface area contributed by atoms with E-state index in [2.05, 4.69) is 0 Å². The normalized spacial score (nSPS) is 14.9. The summed E-state index contributed by atoms with van der Waals surface area (Å²) in [5.74, 6) is -0.846. The maximum Gasteiger partial charge on any atom is 0.233 e. The topological polar surface area (TPSA) is 94.5 Å². The number of allylic oxidation sites excluding steroid dienone is 1. The smallest absolute Gasteiger partial charge is 0.233 e. The van der Waals surface area contributed by atoms with Gasteiger partial charge in [0.1, 0.15) is 0 Å². The molecule has 16 heavy (non-hydrogen) atoms. The number of benzene rings is 1. The molecule has 2 rings (SSSR count). The van der Waals surface area contributed by atoms with Crippen LogP contribution in [0.4, 0.5) is 0 Å². The summed E-state index contributed by atoms with van der Waals surface area (Å²) < 4.78 is 24.1. The summed E-state index contributed by atoms with van der Waals surface area (Å²) in [4.78, 5) is 22.1. The molecule has 0 bridgehead atoms. The minimum atomic E-state index is -2.86. The second kappa shape index (κ2) is 5.45. The second-order valence-corrected chi connectivity index (χ2v) is 3.27. The summed E-state index contributed by atoms with van der Waals surface area (Å²) in [6.45, 7) is 0. The third-order valence-corrected chi connectivity index (χ3v) is 1.84. The Bertz CT molecular complexity index is 474. The number of Topliss-reactive ketones (excluding diaryl/α,β-unsaturated/α-hetero) is 1. The minimum Gasteiger partial charge on any atom is -0.750 e. The van der Waals surface area contributed by atoms with E-state index in [1.54, 1.807) is 18.2 Å². The van der Waals surface area contributed by atoms with E-state index in [4.69, 9.17) is 13.3 Å². The molecule has 1 aromatic carbocycles. The van der Waals surface area contributed by atoms with E-state index in [1.807, 2.05) is 12.1 Å². The average Bonchev–Trinajstić information content (AvgIpc) is 2.23. The van der Waals surface area contributed by atoms with Crippen molar-refractivity contribution in [2.24, 2.45) is 0 Å². The Balaban J connectivity index is 0.000000280. The molecular weight excluding hydrogens is 232 g/mol. The molecule has 0 radical (unpaired) electrons. The molecule has 1 N–H and O–H groups in total. The zero-order valence-corrected chi connectivity index (χ0v) is 8.77. The highest BCUT2D eigenvalue weighted by atomic mass is 32.2. The van der Waals surface area contributed by atoms with Crippen molar-refractivity contribution in [2.75, 3.05) is 0 Å². The number of fused-ring (bicyclic) bond motifs is 1. The summed E-state index contributed by atoms with van der Waals surface area (Å²) >= 11 is -2.86. The predicted octanol–water partition coefficient (Wildman–Crippen LogP) is 0.804. The van der Waals surface area contributed by atoms with Gasteiger partial charge in [0.05, 0.1) is 11.4 Å². The molecule has 0 heterocycles. The fourth-order valence-electron chi connectivity index (χ4n) is 1.22. The molecule has 0 saturated carbocycles. The number of carbonyl (C=O) groups excluding carboxylic acids is 2. The lowest BCUT2D eigenvalue weighted by molar-refractivity contribution is -0.110. The summed E-state index contributed by atoms with van der Waals surface area (Å²) in [5.41, 5.74) is 1.33. The summed E-state index contributed by atoms with van der Waals surface area (Å²) in [7, 11) is 0. The Morgan fingerprint density at radius 1 is 1.12 bits per heavy atom. The molecule has 84 valence electrons. The standard InChI is InChI=1S/C10H6O2.H2O3S/c11-9-6-5-7-3-1-2-4-8(7)10(9)12;1-4(2)3/h1-6H;(H2,1,2,3)/p-1. The van der Waals surface area contributed by atoms with Gasteiger partial charge >= 0.3 is 0 Å². The molecule has 5 nitrogen and oxygen atoms in total. The van der Waals surface area contributed by atoms with Gasteiger partial charge in [0.25, 0.3) is 0 Å². The Labute approximate surface area is 93.9 Å². The highest BCUT2D eigenvalue weighted by Crippen LogP contribution is 2.16. The largest absolute Gasteiger partial charge is 0.750 e. The molecule has 0 amide bonds. The molecule has 0 aliphatic heterocycles. The Hall–Kier alpha value is -1.63. The van der Waals surface area contributed by atoms with Gasteiger partial charge in [-0.3, -0.25) is 9.59 Å². The number of hydrogen-bond acceptors (Lipinski definition) is 4. The average molecular weight is 239 g/mol. The molecule has 1 unspecified atom stereocenters. The summed E-state index contributed by atoms with van der Waals surface area (Å²) in [6, 6.07) is 7.07. The predicted molar refractivity (Wildman–Crippen MR) is 56.4 cm³/mol. The first-order valence-electron chi connectivity index (χ1n) is 4.16. The van der Waals surface area contributed by atoms with Crippen molar-refractivity contribution in [3.8, 4) is 0 Å². The van der Waals surface area contributed by atoms with E-state index in [9.17, 15) is 9.59 Å². The summed E-state index contributed by atoms with van der Waals surface area (Å²) in [5, 5.41) is 0. The van der Waals surface area contributed by atoms with Crippen LogP contribution in [0.25, 0.3) is 6.08 Å². The van der Waals surface area contributed by atoms with Crippen LogP contribution in [0.15, 0.2) is 30.3 Å². The van der Waals surface area contributed by atoms with Crippen LogP contribution in [0, 0.1) is 0 Å². The fourth-order valence-corrected chi connectivity index (χ4v) is 1.22. The first kappa shape index (κ1) is 12.4. The minimum absolute atomic E-state index is 0.409. The van der Waals surface area contributed by atoms with Gasteiger partial charge in [-0.05, 0) is 11.6 Å². The molecular formula is C10H7O5S-. The third kappa shape index (κ3) is 3.20. The van der Waals surface area contributed by atoms with Crippen LogP contribution in [0.1, 0.15) is 15.9 Å². The Morgan fingerprint density at radius 2 is 1.69 bits per heavy atom. The van der Waals surface area contributed by atoms with Crippen LogP contribution in [0.3, 0.4) is 0 Å². The van der Waals surface area contributed by atoms with Gasteiger partial charge in [0.2, 0.25) is 11.6 Å². The Kier molecular flexibility index (Phi) is 4.24. The van der Waals surface area contributed by atoms with Gasteiger partial charge in [-0.2, -0.15) is 0 Å². The number of hydrogen-bond donors (Lipinski definition) is 1. The van der Waals surface area contributed by atoms with Gasteiger partial charge in [-0.25, -0.2) is 4.21 Å². The van der Waals surface area contributed by atoms with Crippen LogP contribution >= 0.6 is 0 Å². The van der Waals surface area contributed by atoms with Crippen molar-refractivity contribution in [1.82, 2.24) is 0 Å². The van der Waals surface area contributed by atoms with Gasteiger partial charge in [0.15, 0.2) is 0 Å². The van der Waals surface area contributed by atoms with Gasteiger partial charge in [-0.1, -0.05) is 30.3 Å². The molecule has 0 spiro atoms. The molecule has 1 aliphatic rings. The molecule has 1 atom stereocenters. The van der Waals surface area contributed by atoms with E-state index >= 15 is 0 Å². The van der Waals surface area contributed by atoms with Crippen molar-refractivity contribution in [1.29, 1.82) is 0 Å². The van der Waals surface area contributed by atoms with Gasteiger partial charge in [-0.15, -0.1) is 0 Å². The zero-order chi connectivity index (χ0) is 12.1. The number of carbonyl (C=O) groups is 2. The lowest BCUT2D eigenvalue weighted by Gasteiger charge is -2.06. The molecule has 0 aromatic heterocycles. The van der Waals surface area contributed by atoms with Gasteiger partial charge in [0, 0.05) is 5.56 Å². The van der Waals surface area contributed by atoms with E-state index in [1.165, 1.54) is 6.08 Å². The molecule has 0 fully saturated rings. The molecule has 6 heteroatoms. The lowest BCUT2D eigenvalue weighted by Crippen LogP contribution is -2.15. The van der Waals surface area contributed by atoms with Crippen LogP contribution in [-0.4, -0.2) is 24.9 Å². The van der Waals surface area contributed by atoms with E-state index in [-0.39, 0.29) is 0 Å².